The number of hydrogen-bond donors (Lipinski definition) is 3. The zero-order valence-corrected chi connectivity index (χ0v) is 12.6. The molecule has 0 radical (unpaired) electrons. The van der Waals surface area contributed by atoms with Crippen LogP contribution in [0.15, 0.2) is 27.8 Å². The molecule has 0 fully saturated rings. The van der Waals surface area contributed by atoms with Crippen molar-refractivity contribution in [1.29, 1.82) is 0 Å². The molecule has 1 aromatic heterocycles. The first-order valence-electron chi connectivity index (χ1n) is 5.34. The molecular formula is C11H10BrF2N5S. The molecule has 5 nitrogen and oxygen atoms in total. The Morgan fingerprint density at radius 2 is 1.85 bits per heavy atom. The summed E-state index contributed by atoms with van der Waals surface area (Å²) in [5.41, 5.74) is 2.49. The number of anilines is 3. The molecule has 0 aliphatic carbocycles. The summed E-state index contributed by atoms with van der Waals surface area (Å²) in [5.74, 6) is 4.63. The van der Waals surface area contributed by atoms with Crippen LogP contribution in [0.25, 0.3) is 0 Å². The third-order valence-corrected chi connectivity index (χ3v) is 3.46. The van der Waals surface area contributed by atoms with Gasteiger partial charge >= 0.3 is 0 Å². The lowest BCUT2D eigenvalue weighted by Gasteiger charge is -2.10. The Kier molecular flexibility index (Phi) is 4.73. The molecule has 0 saturated carbocycles. The lowest BCUT2D eigenvalue weighted by molar-refractivity contribution is 0.581. The van der Waals surface area contributed by atoms with Gasteiger partial charge in [-0.25, -0.2) is 24.6 Å². The SMILES string of the molecule is CSc1nc(NN)cc(Nc2cc(Br)c(F)cc2F)n1. The highest BCUT2D eigenvalue weighted by Gasteiger charge is 2.10. The molecule has 4 N–H and O–H groups in total. The van der Waals surface area contributed by atoms with Gasteiger partial charge in [-0.3, -0.25) is 0 Å². The third-order valence-electron chi connectivity index (χ3n) is 2.31. The van der Waals surface area contributed by atoms with E-state index in [2.05, 4.69) is 36.6 Å². The number of nitrogen functional groups attached to an aromatic ring is 1. The fourth-order valence-corrected chi connectivity index (χ4v) is 2.13. The molecule has 0 saturated heterocycles. The van der Waals surface area contributed by atoms with Gasteiger partial charge in [0.2, 0.25) is 0 Å². The minimum atomic E-state index is -0.725. The molecule has 0 unspecified atom stereocenters. The molecule has 0 spiro atoms. The molecule has 106 valence electrons. The Morgan fingerprint density at radius 1 is 1.15 bits per heavy atom. The summed E-state index contributed by atoms with van der Waals surface area (Å²) in [4.78, 5) is 8.24. The van der Waals surface area contributed by atoms with Crippen LogP contribution in [-0.2, 0) is 0 Å². The highest BCUT2D eigenvalue weighted by molar-refractivity contribution is 9.10. The van der Waals surface area contributed by atoms with E-state index in [9.17, 15) is 8.78 Å². The summed E-state index contributed by atoms with van der Waals surface area (Å²) in [6.45, 7) is 0. The minimum absolute atomic E-state index is 0.0898. The van der Waals surface area contributed by atoms with E-state index in [4.69, 9.17) is 5.84 Å². The lowest BCUT2D eigenvalue weighted by Crippen LogP contribution is -2.10. The van der Waals surface area contributed by atoms with Gasteiger partial charge in [0.25, 0.3) is 0 Å². The van der Waals surface area contributed by atoms with Crippen LogP contribution in [0.1, 0.15) is 0 Å². The van der Waals surface area contributed by atoms with Crippen molar-refractivity contribution in [3.05, 3.63) is 34.3 Å². The Morgan fingerprint density at radius 3 is 2.50 bits per heavy atom. The molecule has 2 rings (SSSR count). The van der Waals surface area contributed by atoms with Gasteiger partial charge in [-0.05, 0) is 28.3 Å². The zero-order valence-electron chi connectivity index (χ0n) is 10.2. The van der Waals surface area contributed by atoms with Crippen LogP contribution in [0.2, 0.25) is 0 Å². The maximum atomic E-state index is 13.7. The van der Waals surface area contributed by atoms with E-state index in [1.807, 2.05) is 0 Å². The molecule has 0 aliphatic rings. The monoisotopic (exact) mass is 361 g/mol. The number of halogens is 3. The van der Waals surface area contributed by atoms with Gasteiger partial charge in [0, 0.05) is 12.1 Å². The quantitative estimate of drug-likeness (QED) is 0.255. The van der Waals surface area contributed by atoms with Crippen LogP contribution in [-0.4, -0.2) is 16.2 Å². The van der Waals surface area contributed by atoms with Gasteiger partial charge in [0.15, 0.2) is 5.16 Å². The number of benzene rings is 1. The van der Waals surface area contributed by atoms with Crippen LogP contribution < -0.4 is 16.6 Å². The van der Waals surface area contributed by atoms with Gasteiger partial charge in [0.05, 0.1) is 10.2 Å². The molecule has 0 bridgehead atoms. The standard InChI is InChI=1S/C11H10BrF2N5S/c1-20-11-17-9(4-10(18-11)19-15)16-8-2-5(12)6(13)3-7(8)14/h2-4H,15H2,1H3,(H2,16,17,18,19). The number of aromatic nitrogens is 2. The number of hydrogen-bond acceptors (Lipinski definition) is 6. The second-order valence-corrected chi connectivity index (χ2v) is 5.27. The summed E-state index contributed by atoms with van der Waals surface area (Å²) < 4.78 is 27.0. The van der Waals surface area contributed by atoms with Crippen molar-refractivity contribution in [3.8, 4) is 0 Å². The van der Waals surface area contributed by atoms with E-state index in [0.717, 1.165) is 6.07 Å². The smallest absolute Gasteiger partial charge is 0.191 e. The number of nitrogens with two attached hydrogens (primary N) is 1. The normalized spacial score (nSPS) is 10.4. The highest BCUT2D eigenvalue weighted by Crippen LogP contribution is 2.27. The summed E-state index contributed by atoms with van der Waals surface area (Å²) in [6, 6.07) is 3.59. The Bertz CT molecular complexity index is 618. The number of nitrogens with one attached hydrogen (secondary N) is 2. The average molecular weight is 362 g/mol. The average Bonchev–Trinajstić information content (AvgIpc) is 2.44. The van der Waals surface area contributed by atoms with Gasteiger partial charge in [-0.2, -0.15) is 0 Å². The molecule has 1 aromatic carbocycles. The molecule has 0 aliphatic heterocycles. The Labute approximate surface area is 126 Å². The fourth-order valence-electron chi connectivity index (χ4n) is 1.41. The Balaban J connectivity index is 2.36. The minimum Gasteiger partial charge on any atom is -0.338 e. The van der Waals surface area contributed by atoms with E-state index in [-0.39, 0.29) is 10.2 Å². The zero-order chi connectivity index (χ0) is 14.7. The second-order valence-electron chi connectivity index (χ2n) is 3.64. The summed E-state index contributed by atoms with van der Waals surface area (Å²) in [7, 11) is 0. The topological polar surface area (TPSA) is 75.9 Å². The first kappa shape index (κ1) is 14.9. The van der Waals surface area contributed by atoms with Crippen molar-refractivity contribution in [2.24, 2.45) is 5.84 Å². The maximum Gasteiger partial charge on any atom is 0.191 e. The van der Waals surface area contributed by atoms with Crippen LogP contribution in [0.4, 0.5) is 26.1 Å². The molecular weight excluding hydrogens is 352 g/mol. The van der Waals surface area contributed by atoms with E-state index >= 15 is 0 Å². The van der Waals surface area contributed by atoms with Crippen LogP contribution in [0, 0.1) is 11.6 Å². The van der Waals surface area contributed by atoms with Crippen molar-refractivity contribution in [2.75, 3.05) is 17.0 Å². The van der Waals surface area contributed by atoms with Crippen molar-refractivity contribution in [3.63, 3.8) is 0 Å². The second kappa shape index (κ2) is 6.33. The van der Waals surface area contributed by atoms with Crippen LogP contribution in [0.5, 0.6) is 0 Å². The van der Waals surface area contributed by atoms with E-state index in [1.165, 1.54) is 23.9 Å². The summed E-state index contributed by atoms with van der Waals surface area (Å²) in [6.07, 6.45) is 1.80. The van der Waals surface area contributed by atoms with Gasteiger partial charge in [-0.15, -0.1) is 0 Å². The highest BCUT2D eigenvalue weighted by atomic mass is 79.9. The van der Waals surface area contributed by atoms with Crippen molar-refractivity contribution >= 4 is 45.0 Å². The van der Waals surface area contributed by atoms with Gasteiger partial charge in [0.1, 0.15) is 23.3 Å². The van der Waals surface area contributed by atoms with E-state index in [1.54, 1.807) is 6.26 Å². The molecule has 20 heavy (non-hydrogen) atoms. The number of hydrazine groups is 1. The Hall–Kier alpha value is -1.45. The maximum absolute atomic E-state index is 13.7. The molecule has 0 atom stereocenters. The first-order chi connectivity index (χ1) is 9.53. The predicted molar refractivity (Wildman–Crippen MR) is 79.0 cm³/mol. The van der Waals surface area contributed by atoms with Crippen molar-refractivity contribution < 1.29 is 8.78 Å². The predicted octanol–water partition coefficient (Wildman–Crippen LogP) is 3.27. The van der Waals surface area contributed by atoms with Crippen LogP contribution in [0.3, 0.4) is 0 Å². The van der Waals surface area contributed by atoms with E-state index < -0.39 is 11.6 Å². The summed E-state index contributed by atoms with van der Waals surface area (Å²) >= 11 is 4.31. The lowest BCUT2D eigenvalue weighted by atomic mass is 10.3. The van der Waals surface area contributed by atoms with Gasteiger partial charge < -0.3 is 10.7 Å². The van der Waals surface area contributed by atoms with E-state index in [0.29, 0.717) is 16.8 Å². The molecule has 2 aromatic rings. The van der Waals surface area contributed by atoms with Crippen molar-refractivity contribution in [1.82, 2.24) is 9.97 Å². The molecule has 0 amide bonds. The largest absolute Gasteiger partial charge is 0.338 e. The van der Waals surface area contributed by atoms with Gasteiger partial charge in [-0.1, -0.05) is 11.8 Å². The van der Waals surface area contributed by atoms with Crippen molar-refractivity contribution in [2.45, 2.75) is 5.16 Å². The summed E-state index contributed by atoms with van der Waals surface area (Å²) in [5, 5.41) is 3.22. The van der Waals surface area contributed by atoms with Crippen LogP contribution >= 0.6 is 27.7 Å². The third kappa shape index (κ3) is 3.35. The molecule has 9 heteroatoms. The number of nitrogens with zero attached hydrogens (tertiary/aromatic N) is 2. The molecule has 1 heterocycles. The first-order valence-corrected chi connectivity index (χ1v) is 7.36. The fraction of sp³-hybridized carbons (Fsp3) is 0.0909. The number of rotatable bonds is 4. The number of thioether (sulfide) groups is 1.